The number of nitro groups is 1. The second-order valence-electron chi connectivity index (χ2n) is 6.78. The Morgan fingerprint density at radius 3 is 2.76 bits per heavy atom. The van der Waals surface area contributed by atoms with Crippen LogP contribution in [0.1, 0.15) is 19.2 Å². The van der Waals surface area contributed by atoms with Crippen molar-refractivity contribution in [1.29, 1.82) is 0 Å². The average molecular weight is 510 g/mol. The summed E-state index contributed by atoms with van der Waals surface area (Å²) < 4.78 is 7.63. The lowest BCUT2D eigenvalue weighted by Gasteiger charge is -2.09. The minimum Gasteiger partial charge on any atom is -0.492 e. The summed E-state index contributed by atoms with van der Waals surface area (Å²) in [7, 11) is 0. The monoisotopic (exact) mass is 509 g/mol. The minimum atomic E-state index is -0.534. The zero-order chi connectivity index (χ0) is 23.8. The van der Waals surface area contributed by atoms with E-state index in [4.69, 9.17) is 27.9 Å². The molecule has 1 N–H and O–H groups in total. The first-order valence-corrected chi connectivity index (χ1v) is 11.8. The zero-order valence-corrected chi connectivity index (χ0v) is 20.0. The molecule has 0 aliphatic carbocycles. The number of nitrogens with zero attached hydrogens (tertiary/aromatic N) is 4. The molecule has 9 nitrogen and oxygen atoms in total. The Bertz CT molecular complexity index is 1140. The highest BCUT2D eigenvalue weighted by molar-refractivity contribution is 7.99. The van der Waals surface area contributed by atoms with Gasteiger partial charge in [0.25, 0.3) is 5.69 Å². The van der Waals surface area contributed by atoms with E-state index in [0.29, 0.717) is 46.9 Å². The summed E-state index contributed by atoms with van der Waals surface area (Å²) in [6.07, 6.45) is 1.33. The Kier molecular flexibility index (Phi) is 8.93. The summed E-state index contributed by atoms with van der Waals surface area (Å²) in [5.41, 5.74) is 0.00325. The van der Waals surface area contributed by atoms with E-state index in [1.54, 1.807) is 30.3 Å². The fourth-order valence-electron chi connectivity index (χ4n) is 2.99. The number of amides is 1. The highest BCUT2D eigenvalue weighted by atomic mass is 35.5. The molecule has 174 valence electrons. The van der Waals surface area contributed by atoms with Gasteiger partial charge in [-0.25, -0.2) is 0 Å². The number of rotatable bonds is 11. The van der Waals surface area contributed by atoms with E-state index in [1.165, 1.54) is 23.9 Å². The number of anilines is 1. The van der Waals surface area contributed by atoms with Crippen molar-refractivity contribution in [3.8, 4) is 5.75 Å². The molecule has 0 spiro atoms. The normalized spacial score (nSPS) is 10.8. The Balaban J connectivity index is 1.51. The lowest BCUT2D eigenvalue weighted by atomic mass is 10.2. The van der Waals surface area contributed by atoms with Crippen LogP contribution in [0.25, 0.3) is 0 Å². The second kappa shape index (κ2) is 11.9. The van der Waals surface area contributed by atoms with Gasteiger partial charge in [0.05, 0.1) is 22.3 Å². The Hall–Kier alpha value is -2.82. The number of nitrogens with one attached hydrogen (secondary N) is 1. The van der Waals surface area contributed by atoms with Crippen LogP contribution in [0, 0.1) is 10.1 Å². The molecule has 3 aromatic rings. The maximum Gasteiger partial charge on any atom is 0.292 e. The van der Waals surface area contributed by atoms with E-state index < -0.39 is 4.92 Å². The van der Waals surface area contributed by atoms with E-state index in [2.05, 4.69) is 15.5 Å². The fraction of sp³-hybridized carbons (Fsp3) is 0.286. The summed E-state index contributed by atoms with van der Waals surface area (Å²) >= 11 is 13.2. The van der Waals surface area contributed by atoms with E-state index in [9.17, 15) is 14.9 Å². The van der Waals surface area contributed by atoms with Gasteiger partial charge in [0, 0.05) is 24.1 Å². The highest BCUT2D eigenvalue weighted by Crippen LogP contribution is 2.28. The first-order valence-electron chi connectivity index (χ1n) is 10.0. The maximum absolute atomic E-state index is 12.3. The molecule has 3 rings (SSSR count). The van der Waals surface area contributed by atoms with Gasteiger partial charge < -0.3 is 14.6 Å². The van der Waals surface area contributed by atoms with Crippen LogP contribution in [0.15, 0.2) is 47.6 Å². The number of hydrogen-bond acceptors (Lipinski definition) is 7. The lowest BCUT2D eigenvalue weighted by molar-refractivity contribution is -0.383. The van der Waals surface area contributed by atoms with Crippen molar-refractivity contribution in [2.45, 2.75) is 31.5 Å². The Morgan fingerprint density at radius 2 is 2.03 bits per heavy atom. The van der Waals surface area contributed by atoms with Crippen molar-refractivity contribution >= 4 is 52.2 Å². The fourth-order valence-corrected chi connectivity index (χ4v) is 4.27. The minimum absolute atomic E-state index is 0.0440. The SMILES string of the molecule is CCn1c(CCCOc2ccc(Cl)cc2Cl)nnc1SCC(=O)Nc1ccccc1[N+](=O)[O-]. The molecule has 0 aliphatic rings. The number of carbonyl (C=O) groups is 1. The van der Waals surface area contributed by atoms with Gasteiger partial charge in [-0.05, 0) is 37.6 Å². The van der Waals surface area contributed by atoms with Crippen molar-refractivity contribution < 1.29 is 14.5 Å². The van der Waals surface area contributed by atoms with Gasteiger partial charge in [-0.3, -0.25) is 14.9 Å². The first-order chi connectivity index (χ1) is 15.9. The van der Waals surface area contributed by atoms with Crippen LogP contribution in [0.5, 0.6) is 5.75 Å². The van der Waals surface area contributed by atoms with Crippen LogP contribution in [-0.4, -0.2) is 38.0 Å². The number of thioether (sulfide) groups is 1. The molecule has 0 bridgehead atoms. The molecule has 1 amide bonds. The van der Waals surface area contributed by atoms with Crippen molar-refractivity contribution in [2.75, 3.05) is 17.7 Å². The van der Waals surface area contributed by atoms with Crippen LogP contribution in [0.2, 0.25) is 10.0 Å². The van der Waals surface area contributed by atoms with Gasteiger partial charge in [0.2, 0.25) is 5.91 Å². The summed E-state index contributed by atoms with van der Waals surface area (Å²) in [6.45, 7) is 3.05. The summed E-state index contributed by atoms with van der Waals surface area (Å²) in [5, 5.41) is 23.7. The number of benzene rings is 2. The van der Waals surface area contributed by atoms with E-state index in [0.717, 1.165) is 5.82 Å². The smallest absolute Gasteiger partial charge is 0.292 e. The van der Waals surface area contributed by atoms with Gasteiger partial charge in [-0.15, -0.1) is 10.2 Å². The van der Waals surface area contributed by atoms with E-state index in [-0.39, 0.29) is 23.0 Å². The van der Waals surface area contributed by atoms with Crippen LogP contribution in [-0.2, 0) is 17.8 Å². The second-order valence-corrected chi connectivity index (χ2v) is 8.57. The lowest BCUT2D eigenvalue weighted by Crippen LogP contribution is -2.15. The number of nitro benzene ring substituents is 1. The molecule has 0 saturated carbocycles. The molecule has 0 fully saturated rings. The zero-order valence-electron chi connectivity index (χ0n) is 17.7. The maximum atomic E-state index is 12.3. The van der Waals surface area contributed by atoms with Gasteiger partial charge in [0.1, 0.15) is 17.3 Å². The molecule has 33 heavy (non-hydrogen) atoms. The van der Waals surface area contributed by atoms with Crippen molar-refractivity contribution in [1.82, 2.24) is 14.8 Å². The number of aromatic nitrogens is 3. The topological polar surface area (TPSA) is 112 Å². The molecule has 2 aromatic carbocycles. The van der Waals surface area contributed by atoms with E-state index in [1.807, 2.05) is 11.5 Å². The third-order valence-electron chi connectivity index (χ3n) is 4.51. The molecule has 0 aliphatic heterocycles. The molecule has 0 saturated heterocycles. The van der Waals surface area contributed by atoms with Gasteiger partial charge in [-0.1, -0.05) is 47.1 Å². The van der Waals surface area contributed by atoms with Crippen LogP contribution >= 0.6 is 35.0 Å². The number of hydrogen-bond donors (Lipinski definition) is 1. The number of para-hydroxylation sites is 2. The Morgan fingerprint density at radius 1 is 1.24 bits per heavy atom. The largest absolute Gasteiger partial charge is 0.492 e. The molecular weight excluding hydrogens is 489 g/mol. The van der Waals surface area contributed by atoms with Gasteiger partial charge in [-0.2, -0.15) is 0 Å². The predicted octanol–water partition coefficient (Wildman–Crippen LogP) is 5.26. The molecule has 0 unspecified atom stereocenters. The quantitative estimate of drug-likeness (QED) is 0.162. The third-order valence-corrected chi connectivity index (χ3v) is 6.01. The van der Waals surface area contributed by atoms with Gasteiger partial charge >= 0.3 is 0 Å². The molecule has 1 heterocycles. The first kappa shape index (κ1) is 24.8. The summed E-state index contributed by atoms with van der Waals surface area (Å²) in [5.74, 6) is 1.03. The predicted molar refractivity (Wildman–Crippen MR) is 128 cm³/mol. The average Bonchev–Trinajstić information content (AvgIpc) is 3.18. The van der Waals surface area contributed by atoms with Crippen LogP contribution in [0.4, 0.5) is 11.4 Å². The highest BCUT2D eigenvalue weighted by Gasteiger charge is 2.17. The molecule has 0 radical (unpaired) electrons. The molecule has 0 atom stereocenters. The number of aryl methyl sites for hydroxylation is 1. The third kappa shape index (κ3) is 6.83. The number of halogens is 2. The van der Waals surface area contributed by atoms with E-state index >= 15 is 0 Å². The standard InChI is InChI=1S/C21H21Cl2N5O4S/c1-2-27-19(8-5-11-32-18-10-9-14(22)12-15(18)23)25-26-21(27)33-13-20(29)24-16-6-3-4-7-17(16)28(30)31/h3-4,6-7,9-10,12H,2,5,8,11,13H2,1H3,(H,24,29). The summed E-state index contributed by atoms with van der Waals surface area (Å²) in [6, 6.07) is 11.1. The van der Waals surface area contributed by atoms with Crippen molar-refractivity contribution in [3.63, 3.8) is 0 Å². The van der Waals surface area contributed by atoms with Gasteiger partial charge in [0.15, 0.2) is 5.16 Å². The number of ether oxygens (including phenoxy) is 1. The van der Waals surface area contributed by atoms with Crippen molar-refractivity contribution in [2.24, 2.45) is 0 Å². The Labute approximate surface area is 204 Å². The summed E-state index contributed by atoms with van der Waals surface area (Å²) in [4.78, 5) is 22.9. The molecule has 1 aromatic heterocycles. The van der Waals surface area contributed by atoms with Crippen LogP contribution < -0.4 is 10.1 Å². The number of carbonyl (C=O) groups excluding carboxylic acids is 1. The van der Waals surface area contributed by atoms with Crippen LogP contribution in [0.3, 0.4) is 0 Å². The molecular formula is C21H21Cl2N5O4S. The molecule has 12 heteroatoms. The van der Waals surface area contributed by atoms with Crippen molar-refractivity contribution in [3.05, 3.63) is 68.4 Å².